The van der Waals surface area contributed by atoms with E-state index in [1.165, 1.54) is 5.56 Å². The van der Waals surface area contributed by atoms with Gasteiger partial charge in [-0.1, -0.05) is 26.0 Å². The molecule has 8 heteroatoms. The van der Waals surface area contributed by atoms with Gasteiger partial charge in [-0.05, 0) is 24.6 Å². The molecule has 0 bridgehead atoms. The van der Waals surface area contributed by atoms with E-state index in [1.807, 2.05) is 30.7 Å². The topological polar surface area (TPSA) is 85.6 Å². The van der Waals surface area contributed by atoms with E-state index < -0.39 is 0 Å². The molecule has 0 fully saturated rings. The molecule has 0 amide bonds. The molecule has 2 N–H and O–H groups in total. The smallest absolute Gasteiger partial charge is 0.191 e. The maximum Gasteiger partial charge on any atom is 0.191 e. The van der Waals surface area contributed by atoms with E-state index in [0.29, 0.717) is 32.2 Å². The number of hydrogen-bond acceptors (Lipinski definition) is 5. The Morgan fingerprint density at radius 3 is 2.64 bits per heavy atom. The number of aromatic nitrogens is 3. The highest BCUT2D eigenvalue weighted by molar-refractivity contribution is 5.79. The van der Waals surface area contributed by atoms with Crippen LogP contribution in [0, 0.1) is 6.92 Å². The molecular formula is C20H32N6O2. The van der Waals surface area contributed by atoms with Gasteiger partial charge in [-0.25, -0.2) is 4.99 Å². The van der Waals surface area contributed by atoms with Crippen molar-refractivity contribution in [2.24, 2.45) is 12.0 Å². The van der Waals surface area contributed by atoms with Crippen LogP contribution in [0.3, 0.4) is 0 Å². The van der Waals surface area contributed by atoms with E-state index in [-0.39, 0.29) is 5.41 Å². The molecule has 0 atom stereocenters. The summed E-state index contributed by atoms with van der Waals surface area (Å²) in [7, 11) is 5.31. The van der Waals surface area contributed by atoms with Crippen molar-refractivity contribution in [1.82, 2.24) is 25.4 Å². The number of rotatable bonds is 9. The molecule has 2 rings (SSSR count). The maximum atomic E-state index is 5.36. The number of benzene rings is 1. The number of guanidine groups is 1. The molecule has 0 saturated heterocycles. The summed E-state index contributed by atoms with van der Waals surface area (Å²) in [5, 5.41) is 15.0. The molecule has 2 aromatic rings. The molecule has 0 aliphatic rings. The first-order valence-corrected chi connectivity index (χ1v) is 9.38. The highest BCUT2D eigenvalue weighted by Gasteiger charge is 2.21. The summed E-state index contributed by atoms with van der Waals surface area (Å²) in [4.78, 5) is 4.66. The molecule has 1 aromatic heterocycles. The van der Waals surface area contributed by atoms with Gasteiger partial charge in [0.2, 0.25) is 0 Å². The first-order valence-electron chi connectivity index (χ1n) is 9.38. The van der Waals surface area contributed by atoms with Gasteiger partial charge in [0, 0.05) is 32.7 Å². The lowest BCUT2D eigenvalue weighted by atomic mass is 9.84. The highest BCUT2D eigenvalue weighted by atomic mass is 16.5. The molecule has 1 heterocycles. The minimum atomic E-state index is -0.111. The summed E-state index contributed by atoms with van der Waals surface area (Å²) in [6, 6.07) is 8.15. The largest absolute Gasteiger partial charge is 0.497 e. The van der Waals surface area contributed by atoms with Crippen molar-refractivity contribution in [3.05, 3.63) is 41.5 Å². The predicted molar refractivity (Wildman–Crippen MR) is 111 cm³/mol. The Morgan fingerprint density at radius 1 is 1.21 bits per heavy atom. The van der Waals surface area contributed by atoms with Crippen molar-refractivity contribution in [3.63, 3.8) is 0 Å². The lowest BCUT2D eigenvalue weighted by molar-refractivity contribution is 0.203. The fourth-order valence-electron chi connectivity index (χ4n) is 2.64. The van der Waals surface area contributed by atoms with Crippen molar-refractivity contribution >= 4 is 5.96 Å². The van der Waals surface area contributed by atoms with Crippen LogP contribution in [0.2, 0.25) is 0 Å². The lowest BCUT2D eigenvalue weighted by Gasteiger charge is -2.27. The highest BCUT2D eigenvalue weighted by Crippen LogP contribution is 2.25. The van der Waals surface area contributed by atoms with E-state index in [4.69, 9.17) is 9.47 Å². The van der Waals surface area contributed by atoms with E-state index in [9.17, 15) is 0 Å². The number of aryl methyl sites for hydroxylation is 1. The van der Waals surface area contributed by atoms with E-state index >= 15 is 0 Å². The Kier molecular flexibility index (Phi) is 7.80. The Hall–Kier alpha value is -2.61. The minimum Gasteiger partial charge on any atom is -0.497 e. The zero-order valence-corrected chi connectivity index (χ0v) is 17.7. The van der Waals surface area contributed by atoms with Crippen LogP contribution >= 0.6 is 0 Å². The van der Waals surface area contributed by atoms with E-state index in [1.54, 1.807) is 14.2 Å². The second kappa shape index (κ2) is 10.1. The monoisotopic (exact) mass is 388 g/mol. The molecular weight excluding hydrogens is 356 g/mol. The van der Waals surface area contributed by atoms with Gasteiger partial charge < -0.3 is 24.7 Å². The van der Waals surface area contributed by atoms with Gasteiger partial charge in [0.1, 0.15) is 18.1 Å². The molecule has 8 nitrogen and oxygen atoms in total. The van der Waals surface area contributed by atoms with Gasteiger partial charge in [-0.15, -0.1) is 10.2 Å². The molecule has 154 valence electrons. The Bertz CT molecular complexity index is 785. The molecule has 0 saturated carbocycles. The average Bonchev–Trinajstić information content (AvgIpc) is 3.02. The zero-order valence-electron chi connectivity index (χ0n) is 17.7. The standard InChI is InChI=1S/C20H32N6O2/c1-15-24-25-18(26(15)4)13-22-19(21-10-11-27-5)23-14-20(2,3)16-8-7-9-17(12-16)28-6/h7-9,12H,10-11,13-14H2,1-6H3,(H2,21,22,23). The molecule has 0 radical (unpaired) electrons. The van der Waals surface area contributed by atoms with Crippen molar-refractivity contribution in [2.45, 2.75) is 32.7 Å². The van der Waals surface area contributed by atoms with Crippen LogP contribution in [0.15, 0.2) is 29.3 Å². The second-order valence-corrected chi connectivity index (χ2v) is 7.28. The SMILES string of the molecule is COCCNC(=NCc1nnc(C)n1C)NCC(C)(C)c1cccc(OC)c1. The minimum absolute atomic E-state index is 0.111. The molecule has 0 aliphatic heterocycles. The van der Waals surface area contributed by atoms with Crippen molar-refractivity contribution in [1.29, 1.82) is 0 Å². The van der Waals surface area contributed by atoms with E-state index in [2.05, 4.69) is 51.8 Å². The fourth-order valence-corrected chi connectivity index (χ4v) is 2.64. The first kappa shape index (κ1) is 21.7. The Labute approximate surface area is 167 Å². The van der Waals surface area contributed by atoms with Gasteiger partial charge in [-0.2, -0.15) is 0 Å². The number of aliphatic imine (C=N–C) groups is 1. The second-order valence-electron chi connectivity index (χ2n) is 7.28. The van der Waals surface area contributed by atoms with Crippen LogP contribution < -0.4 is 15.4 Å². The normalized spacial score (nSPS) is 12.1. The predicted octanol–water partition coefficient (Wildman–Crippen LogP) is 1.79. The molecule has 0 aliphatic carbocycles. The maximum absolute atomic E-state index is 5.36. The summed E-state index contributed by atoms with van der Waals surface area (Å²) in [6.45, 7) is 8.72. The van der Waals surface area contributed by atoms with Gasteiger partial charge >= 0.3 is 0 Å². The number of ether oxygens (including phenoxy) is 2. The molecule has 0 spiro atoms. The van der Waals surface area contributed by atoms with Crippen LogP contribution in [0.4, 0.5) is 0 Å². The molecule has 1 aromatic carbocycles. The van der Waals surface area contributed by atoms with Crippen LogP contribution in [0.25, 0.3) is 0 Å². The average molecular weight is 389 g/mol. The summed E-state index contributed by atoms with van der Waals surface area (Å²) in [5.74, 6) is 3.26. The Morgan fingerprint density at radius 2 is 2.00 bits per heavy atom. The fraction of sp³-hybridized carbons (Fsp3) is 0.550. The number of hydrogen-bond donors (Lipinski definition) is 2. The van der Waals surface area contributed by atoms with Crippen molar-refractivity contribution in [3.8, 4) is 5.75 Å². The third-order valence-electron chi connectivity index (χ3n) is 4.71. The van der Waals surface area contributed by atoms with Crippen molar-refractivity contribution < 1.29 is 9.47 Å². The summed E-state index contributed by atoms with van der Waals surface area (Å²) < 4.78 is 12.4. The van der Waals surface area contributed by atoms with Gasteiger partial charge in [0.05, 0.1) is 13.7 Å². The zero-order chi connectivity index (χ0) is 20.6. The lowest BCUT2D eigenvalue weighted by Crippen LogP contribution is -2.44. The van der Waals surface area contributed by atoms with Crippen LogP contribution in [0.5, 0.6) is 5.75 Å². The summed E-state index contributed by atoms with van der Waals surface area (Å²) >= 11 is 0. The third kappa shape index (κ3) is 5.95. The quantitative estimate of drug-likeness (QED) is 0.387. The first-order chi connectivity index (χ1) is 13.4. The summed E-state index contributed by atoms with van der Waals surface area (Å²) in [5.41, 5.74) is 1.08. The Balaban J connectivity index is 2.08. The van der Waals surface area contributed by atoms with E-state index in [0.717, 1.165) is 17.4 Å². The van der Waals surface area contributed by atoms with Crippen LogP contribution in [-0.2, 0) is 23.7 Å². The van der Waals surface area contributed by atoms with Crippen molar-refractivity contribution in [2.75, 3.05) is 33.9 Å². The van der Waals surface area contributed by atoms with Crippen LogP contribution in [-0.4, -0.2) is 54.6 Å². The van der Waals surface area contributed by atoms with Crippen LogP contribution in [0.1, 0.15) is 31.1 Å². The number of nitrogens with zero attached hydrogens (tertiary/aromatic N) is 4. The number of methoxy groups -OCH3 is 2. The number of nitrogens with one attached hydrogen (secondary N) is 2. The van der Waals surface area contributed by atoms with Gasteiger partial charge in [0.15, 0.2) is 11.8 Å². The van der Waals surface area contributed by atoms with Gasteiger partial charge in [-0.3, -0.25) is 0 Å². The van der Waals surface area contributed by atoms with Gasteiger partial charge in [0.25, 0.3) is 0 Å². The summed E-state index contributed by atoms with van der Waals surface area (Å²) in [6.07, 6.45) is 0. The third-order valence-corrected chi connectivity index (χ3v) is 4.71. The molecule has 0 unspecified atom stereocenters. The molecule has 28 heavy (non-hydrogen) atoms.